The fourth-order valence-corrected chi connectivity index (χ4v) is 4.27. The molecule has 0 amide bonds. The van der Waals surface area contributed by atoms with Gasteiger partial charge in [-0.2, -0.15) is 0 Å². The van der Waals surface area contributed by atoms with Crippen LogP contribution in [0, 0.1) is 5.82 Å². The molecule has 0 saturated heterocycles. The van der Waals surface area contributed by atoms with Crippen molar-refractivity contribution in [3.05, 3.63) is 98.8 Å². The van der Waals surface area contributed by atoms with Gasteiger partial charge in [0.15, 0.2) is 6.61 Å². The maximum atomic E-state index is 14.6. The smallest absolute Gasteiger partial charge is 0.482 e. The van der Waals surface area contributed by atoms with Gasteiger partial charge in [-0.15, -0.1) is 5.06 Å². The topological polar surface area (TPSA) is 85.3 Å². The Morgan fingerprint density at radius 1 is 1.06 bits per heavy atom. The molecule has 7 nitrogen and oxygen atoms in total. The molecule has 0 fully saturated rings. The first-order chi connectivity index (χ1) is 16.8. The van der Waals surface area contributed by atoms with Gasteiger partial charge in [-0.1, -0.05) is 53.5 Å². The van der Waals surface area contributed by atoms with E-state index in [-0.39, 0.29) is 25.3 Å². The number of hydrogen-bond donors (Lipinski definition) is 1. The van der Waals surface area contributed by atoms with E-state index in [1.807, 2.05) is 0 Å². The summed E-state index contributed by atoms with van der Waals surface area (Å²) < 4.78 is 25.3. The van der Waals surface area contributed by atoms with Crippen LogP contribution in [0.15, 0.2) is 60.7 Å². The molecular formula is C25H20Cl2FNO6. The molecule has 1 aliphatic heterocycles. The van der Waals surface area contributed by atoms with Crippen LogP contribution in [-0.4, -0.2) is 35.4 Å². The predicted octanol–water partition coefficient (Wildman–Crippen LogP) is 5.81. The number of carboxylic acids is 1. The van der Waals surface area contributed by atoms with E-state index in [0.717, 1.165) is 0 Å². The zero-order valence-electron chi connectivity index (χ0n) is 18.2. The summed E-state index contributed by atoms with van der Waals surface area (Å²) in [5.41, 5.74) is 1.99. The van der Waals surface area contributed by atoms with Crippen molar-refractivity contribution < 1.29 is 33.4 Å². The van der Waals surface area contributed by atoms with Gasteiger partial charge in [0.05, 0.1) is 0 Å². The van der Waals surface area contributed by atoms with E-state index in [4.69, 9.17) is 42.6 Å². The monoisotopic (exact) mass is 519 g/mol. The molecule has 182 valence electrons. The zero-order chi connectivity index (χ0) is 24.9. The number of carboxylic acid groups (broad SMARTS) is 1. The Morgan fingerprint density at radius 3 is 2.63 bits per heavy atom. The normalized spacial score (nSPS) is 15.2. The second-order valence-corrected chi connectivity index (χ2v) is 8.53. The van der Waals surface area contributed by atoms with Crippen molar-refractivity contribution in [3.8, 4) is 5.75 Å². The lowest BCUT2D eigenvalue weighted by Gasteiger charge is -2.36. The standard InChI is InChI=1S/C25H20Cl2FNO6/c26-16-8-9-22(33-14-23(30)31)19(12-16)24-18-5-3-7-21(28)17(18)10-11-29(24)35-25(32)34-13-15-4-1-2-6-20(15)27/h1-9,12,24H,10-11,13-14H2,(H,30,31). The Balaban J connectivity index is 1.65. The summed E-state index contributed by atoms with van der Waals surface area (Å²) in [4.78, 5) is 29.2. The van der Waals surface area contributed by atoms with Gasteiger partial charge in [-0.25, -0.2) is 14.0 Å². The molecule has 1 heterocycles. The maximum Gasteiger partial charge on any atom is 0.528 e. The molecule has 0 spiro atoms. The minimum atomic E-state index is -1.17. The summed E-state index contributed by atoms with van der Waals surface area (Å²) in [7, 11) is 0. The maximum absolute atomic E-state index is 14.6. The molecule has 10 heteroatoms. The highest BCUT2D eigenvalue weighted by Gasteiger charge is 2.35. The van der Waals surface area contributed by atoms with Crippen LogP contribution in [0.4, 0.5) is 9.18 Å². The Kier molecular flexibility index (Phi) is 7.75. The number of ether oxygens (including phenoxy) is 2. The lowest BCUT2D eigenvalue weighted by molar-refractivity contribution is -0.152. The second-order valence-electron chi connectivity index (χ2n) is 7.69. The zero-order valence-corrected chi connectivity index (χ0v) is 19.8. The molecular weight excluding hydrogens is 500 g/mol. The molecule has 0 aliphatic carbocycles. The van der Waals surface area contributed by atoms with Crippen molar-refractivity contribution in [1.82, 2.24) is 5.06 Å². The number of nitrogens with zero attached hydrogens (tertiary/aromatic N) is 1. The van der Waals surface area contributed by atoms with Gasteiger partial charge in [0, 0.05) is 27.7 Å². The van der Waals surface area contributed by atoms with Gasteiger partial charge < -0.3 is 19.4 Å². The minimum absolute atomic E-state index is 0.105. The van der Waals surface area contributed by atoms with Crippen LogP contribution in [0.25, 0.3) is 0 Å². The average Bonchev–Trinajstić information content (AvgIpc) is 2.83. The molecule has 0 bridgehead atoms. The first-order valence-electron chi connectivity index (χ1n) is 10.6. The molecule has 0 aromatic heterocycles. The molecule has 3 aromatic carbocycles. The number of halogens is 3. The number of rotatable bonds is 7. The van der Waals surface area contributed by atoms with Crippen LogP contribution in [0.2, 0.25) is 10.0 Å². The van der Waals surface area contributed by atoms with Crippen LogP contribution < -0.4 is 4.74 Å². The van der Waals surface area contributed by atoms with E-state index in [0.29, 0.717) is 32.3 Å². The lowest BCUT2D eigenvalue weighted by atomic mass is 9.88. The largest absolute Gasteiger partial charge is 0.528 e. The van der Waals surface area contributed by atoms with Gasteiger partial charge in [0.2, 0.25) is 0 Å². The number of hydrogen-bond acceptors (Lipinski definition) is 6. The van der Waals surface area contributed by atoms with E-state index >= 15 is 0 Å². The summed E-state index contributed by atoms with van der Waals surface area (Å²) in [6, 6.07) is 15.3. The number of fused-ring (bicyclic) bond motifs is 1. The summed E-state index contributed by atoms with van der Waals surface area (Å²) >= 11 is 12.3. The van der Waals surface area contributed by atoms with Gasteiger partial charge in [0.25, 0.3) is 0 Å². The van der Waals surface area contributed by atoms with Gasteiger partial charge in [0.1, 0.15) is 24.2 Å². The van der Waals surface area contributed by atoms with E-state index in [1.165, 1.54) is 17.2 Å². The summed E-state index contributed by atoms with van der Waals surface area (Å²) in [6.07, 6.45) is -0.716. The molecule has 0 saturated carbocycles. The lowest BCUT2D eigenvalue weighted by Crippen LogP contribution is -2.38. The first-order valence-corrected chi connectivity index (χ1v) is 11.3. The molecule has 1 aliphatic rings. The van der Waals surface area contributed by atoms with Crippen molar-refractivity contribution in [2.24, 2.45) is 0 Å². The fraction of sp³-hybridized carbons (Fsp3) is 0.200. The summed E-state index contributed by atoms with van der Waals surface area (Å²) in [5.74, 6) is -1.36. The first kappa shape index (κ1) is 24.8. The predicted molar refractivity (Wildman–Crippen MR) is 126 cm³/mol. The van der Waals surface area contributed by atoms with Crippen LogP contribution >= 0.6 is 23.2 Å². The van der Waals surface area contributed by atoms with E-state index in [2.05, 4.69) is 0 Å². The second kappa shape index (κ2) is 10.9. The minimum Gasteiger partial charge on any atom is -0.482 e. The molecule has 3 aromatic rings. The summed E-state index contributed by atoms with van der Waals surface area (Å²) in [6.45, 7) is -0.560. The SMILES string of the molecule is O=C(O)COc1ccc(Cl)cc1C1c2cccc(F)c2CCN1OC(=O)OCc1ccccc1Cl. The number of benzene rings is 3. The number of hydroxylamine groups is 2. The highest BCUT2D eigenvalue weighted by Crippen LogP contribution is 2.41. The van der Waals surface area contributed by atoms with Crippen molar-refractivity contribution in [2.45, 2.75) is 19.1 Å². The third kappa shape index (κ3) is 5.85. The average molecular weight is 520 g/mol. The van der Waals surface area contributed by atoms with Crippen molar-refractivity contribution in [3.63, 3.8) is 0 Å². The third-order valence-electron chi connectivity index (χ3n) is 5.43. The molecule has 0 radical (unpaired) electrons. The molecule has 4 rings (SSSR count). The van der Waals surface area contributed by atoms with E-state index < -0.39 is 30.6 Å². The highest BCUT2D eigenvalue weighted by molar-refractivity contribution is 6.31. The quantitative estimate of drug-likeness (QED) is 0.394. The van der Waals surface area contributed by atoms with Gasteiger partial charge in [-0.05, 0) is 47.9 Å². The Morgan fingerprint density at radius 2 is 1.86 bits per heavy atom. The van der Waals surface area contributed by atoms with Crippen molar-refractivity contribution >= 4 is 35.3 Å². The number of aliphatic carboxylic acids is 1. The van der Waals surface area contributed by atoms with Crippen LogP contribution in [0.3, 0.4) is 0 Å². The van der Waals surface area contributed by atoms with Crippen molar-refractivity contribution in [1.29, 1.82) is 0 Å². The van der Waals surface area contributed by atoms with Gasteiger partial charge >= 0.3 is 12.1 Å². The third-order valence-corrected chi connectivity index (χ3v) is 6.04. The van der Waals surface area contributed by atoms with Crippen LogP contribution in [0.5, 0.6) is 5.75 Å². The Hall–Kier alpha value is -3.33. The van der Waals surface area contributed by atoms with Crippen LogP contribution in [-0.2, 0) is 27.4 Å². The van der Waals surface area contributed by atoms with E-state index in [9.17, 15) is 14.0 Å². The van der Waals surface area contributed by atoms with Crippen LogP contribution in [0.1, 0.15) is 28.3 Å². The number of carbonyl (C=O) groups excluding carboxylic acids is 1. The fourth-order valence-electron chi connectivity index (χ4n) is 3.90. The van der Waals surface area contributed by atoms with Gasteiger partial charge in [-0.3, -0.25) is 0 Å². The summed E-state index contributed by atoms with van der Waals surface area (Å²) in [5, 5.41) is 11.2. The number of carbonyl (C=O) groups is 2. The Labute approximate surface area is 210 Å². The molecule has 1 unspecified atom stereocenters. The highest BCUT2D eigenvalue weighted by atomic mass is 35.5. The Bertz CT molecular complexity index is 1250. The molecule has 1 atom stereocenters. The van der Waals surface area contributed by atoms with Crippen molar-refractivity contribution in [2.75, 3.05) is 13.2 Å². The molecule has 35 heavy (non-hydrogen) atoms. The molecule has 1 N–H and O–H groups in total. The van der Waals surface area contributed by atoms with E-state index in [1.54, 1.807) is 48.5 Å².